The first kappa shape index (κ1) is 17.1. The topological polar surface area (TPSA) is 21.3 Å². The molecule has 0 aromatic heterocycles. The van der Waals surface area contributed by atoms with E-state index in [9.17, 15) is 8.78 Å². The maximum atomic E-state index is 13.7. The number of nitrogens with one attached hydrogen (secondary N) is 1. The fourth-order valence-electron chi connectivity index (χ4n) is 2.15. The molecule has 2 unspecified atom stereocenters. The first-order valence-corrected chi connectivity index (χ1v) is 7.27. The van der Waals surface area contributed by atoms with Crippen molar-refractivity contribution >= 4 is 0 Å². The molecule has 0 amide bonds. The lowest BCUT2D eigenvalue weighted by Crippen LogP contribution is -2.33. The van der Waals surface area contributed by atoms with Gasteiger partial charge in [0.25, 0.3) is 0 Å². The fraction of sp³-hybridized carbons (Fsp3) is 0.625. The van der Waals surface area contributed by atoms with E-state index in [-0.39, 0.29) is 17.7 Å². The first-order chi connectivity index (χ1) is 9.58. The minimum absolute atomic E-state index is 0.0685. The van der Waals surface area contributed by atoms with Crippen molar-refractivity contribution in [3.63, 3.8) is 0 Å². The molecule has 1 aromatic rings. The fourth-order valence-corrected chi connectivity index (χ4v) is 2.15. The summed E-state index contributed by atoms with van der Waals surface area (Å²) >= 11 is 0. The highest BCUT2D eigenvalue weighted by Crippen LogP contribution is 2.17. The number of halogens is 2. The van der Waals surface area contributed by atoms with Crippen molar-refractivity contribution in [2.45, 2.75) is 51.7 Å². The van der Waals surface area contributed by atoms with Crippen LogP contribution in [0.5, 0.6) is 0 Å². The molecule has 2 nitrogen and oxygen atoms in total. The van der Waals surface area contributed by atoms with Gasteiger partial charge in [0.2, 0.25) is 0 Å². The van der Waals surface area contributed by atoms with Crippen LogP contribution in [0.15, 0.2) is 18.2 Å². The summed E-state index contributed by atoms with van der Waals surface area (Å²) in [6.07, 6.45) is 3.23. The van der Waals surface area contributed by atoms with Crippen molar-refractivity contribution in [3.8, 4) is 0 Å². The Bertz CT molecular complexity index is 378. The summed E-state index contributed by atoms with van der Waals surface area (Å²) in [5, 5.41) is 3.36. The van der Waals surface area contributed by atoms with Gasteiger partial charge in [-0.3, -0.25) is 0 Å². The molecule has 1 N–H and O–H groups in total. The molecule has 0 spiro atoms. The van der Waals surface area contributed by atoms with Gasteiger partial charge < -0.3 is 10.1 Å². The van der Waals surface area contributed by atoms with E-state index in [1.54, 1.807) is 7.11 Å². The highest BCUT2D eigenvalue weighted by molar-refractivity contribution is 5.20. The van der Waals surface area contributed by atoms with E-state index in [0.717, 1.165) is 25.8 Å². The second kappa shape index (κ2) is 9.03. The highest BCUT2D eigenvalue weighted by atomic mass is 19.1. The maximum Gasteiger partial charge on any atom is 0.129 e. The molecule has 1 aromatic carbocycles. The predicted molar refractivity (Wildman–Crippen MR) is 77.8 cm³/mol. The molecule has 0 fully saturated rings. The molecule has 0 saturated heterocycles. The maximum absolute atomic E-state index is 13.7. The van der Waals surface area contributed by atoms with Crippen LogP contribution < -0.4 is 5.32 Å². The predicted octanol–water partition coefficient (Wildman–Crippen LogP) is 3.69. The molecule has 0 saturated carbocycles. The Morgan fingerprint density at radius 2 is 1.85 bits per heavy atom. The van der Waals surface area contributed by atoms with Gasteiger partial charge >= 0.3 is 0 Å². The third kappa shape index (κ3) is 5.55. The Hall–Kier alpha value is -1.00. The number of ether oxygens (including phenoxy) is 1. The molecule has 0 bridgehead atoms. The summed E-state index contributed by atoms with van der Waals surface area (Å²) in [5.74, 6) is -0.929. The van der Waals surface area contributed by atoms with E-state index in [1.165, 1.54) is 18.2 Å². The molecule has 0 aliphatic rings. The van der Waals surface area contributed by atoms with Crippen LogP contribution in [-0.4, -0.2) is 25.8 Å². The average molecular weight is 285 g/mol. The van der Waals surface area contributed by atoms with Crippen LogP contribution in [0.1, 0.15) is 38.7 Å². The van der Waals surface area contributed by atoms with Crippen molar-refractivity contribution in [2.75, 3.05) is 13.7 Å². The van der Waals surface area contributed by atoms with E-state index < -0.39 is 11.6 Å². The van der Waals surface area contributed by atoms with Gasteiger partial charge in [-0.2, -0.15) is 0 Å². The molecule has 20 heavy (non-hydrogen) atoms. The lowest BCUT2D eigenvalue weighted by atomic mass is 9.99. The summed E-state index contributed by atoms with van der Waals surface area (Å²) < 4.78 is 32.6. The number of benzene rings is 1. The summed E-state index contributed by atoms with van der Waals surface area (Å²) in [4.78, 5) is 0. The van der Waals surface area contributed by atoms with E-state index in [4.69, 9.17) is 4.74 Å². The largest absolute Gasteiger partial charge is 0.382 e. The third-order valence-corrected chi connectivity index (χ3v) is 3.52. The summed E-state index contributed by atoms with van der Waals surface area (Å²) in [6, 6.07) is 4.09. The van der Waals surface area contributed by atoms with E-state index >= 15 is 0 Å². The number of hydrogen-bond donors (Lipinski definition) is 1. The third-order valence-electron chi connectivity index (χ3n) is 3.52. The standard InChI is InChI=1S/C16H25F2NO/c1-4-10-19-13(9-8-12(2)20-3)11-14-15(17)6-5-7-16(14)18/h5-7,12-13,19H,4,8-11H2,1-3H3. The van der Waals surface area contributed by atoms with E-state index in [2.05, 4.69) is 12.2 Å². The second-order valence-corrected chi connectivity index (χ2v) is 5.18. The van der Waals surface area contributed by atoms with Crippen molar-refractivity contribution in [3.05, 3.63) is 35.4 Å². The molecule has 0 aliphatic carbocycles. The molecule has 114 valence electrons. The number of hydrogen-bond acceptors (Lipinski definition) is 2. The molecule has 2 atom stereocenters. The number of methoxy groups -OCH3 is 1. The molecular weight excluding hydrogens is 260 g/mol. The monoisotopic (exact) mass is 285 g/mol. The molecule has 1 rings (SSSR count). The smallest absolute Gasteiger partial charge is 0.129 e. The van der Waals surface area contributed by atoms with Gasteiger partial charge in [0, 0.05) is 18.7 Å². The van der Waals surface area contributed by atoms with Crippen LogP contribution in [-0.2, 0) is 11.2 Å². The minimum Gasteiger partial charge on any atom is -0.382 e. The van der Waals surface area contributed by atoms with E-state index in [0.29, 0.717) is 6.42 Å². The zero-order valence-electron chi connectivity index (χ0n) is 12.6. The van der Waals surface area contributed by atoms with Crippen molar-refractivity contribution in [1.29, 1.82) is 0 Å². The summed E-state index contributed by atoms with van der Waals surface area (Å²) in [6.45, 7) is 4.92. The van der Waals surface area contributed by atoms with Crippen LogP contribution in [0.3, 0.4) is 0 Å². The van der Waals surface area contributed by atoms with Crippen molar-refractivity contribution in [1.82, 2.24) is 5.32 Å². The Morgan fingerprint density at radius 1 is 1.20 bits per heavy atom. The Kier molecular flexibility index (Phi) is 7.70. The van der Waals surface area contributed by atoms with Crippen LogP contribution in [0.4, 0.5) is 8.78 Å². The molecule has 0 heterocycles. The Morgan fingerprint density at radius 3 is 2.40 bits per heavy atom. The normalized spacial score (nSPS) is 14.2. The summed E-state index contributed by atoms with van der Waals surface area (Å²) in [7, 11) is 1.68. The first-order valence-electron chi connectivity index (χ1n) is 7.27. The minimum atomic E-state index is -0.465. The zero-order chi connectivity index (χ0) is 15.0. The van der Waals surface area contributed by atoms with Crippen molar-refractivity contribution in [2.24, 2.45) is 0 Å². The second-order valence-electron chi connectivity index (χ2n) is 5.18. The van der Waals surface area contributed by atoms with Gasteiger partial charge in [-0.25, -0.2) is 8.78 Å². The lowest BCUT2D eigenvalue weighted by molar-refractivity contribution is 0.106. The van der Waals surface area contributed by atoms with Crippen LogP contribution in [0.25, 0.3) is 0 Å². The van der Waals surface area contributed by atoms with Gasteiger partial charge in [0.1, 0.15) is 11.6 Å². The van der Waals surface area contributed by atoms with Gasteiger partial charge in [0.15, 0.2) is 0 Å². The van der Waals surface area contributed by atoms with E-state index in [1.807, 2.05) is 6.92 Å². The van der Waals surface area contributed by atoms with Gasteiger partial charge in [0.05, 0.1) is 6.10 Å². The Labute approximate surface area is 120 Å². The van der Waals surface area contributed by atoms with Gasteiger partial charge in [-0.15, -0.1) is 0 Å². The molecule has 0 radical (unpaired) electrons. The quantitative estimate of drug-likeness (QED) is 0.747. The van der Waals surface area contributed by atoms with Crippen molar-refractivity contribution < 1.29 is 13.5 Å². The van der Waals surface area contributed by atoms with Crippen LogP contribution in [0.2, 0.25) is 0 Å². The van der Waals surface area contributed by atoms with Gasteiger partial charge in [-0.1, -0.05) is 13.0 Å². The highest BCUT2D eigenvalue weighted by Gasteiger charge is 2.16. The SMILES string of the molecule is CCCNC(CCC(C)OC)Cc1c(F)cccc1F. The molecule has 0 aliphatic heterocycles. The lowest BCUT2D eigenvalue weighted by Gasteiger charge is -2.21. The number of rotatable bonds is 9. The average Bonchev–Trinajstić information content (AvgIpc) is 2.44. The van der Waals surface area contributed by atoms with Crippen LogP contribution >= 0.6 is 0 Å². The summed E-state index contributed by atoms with van der Waals surface area (Å²) in [5.41, 5.74) is 0.172. The Balaban J connectivity index is 2.68. The van der Waals surface area contributed by atoms with Crippen LogP contribution in [0, 0.1) is 11.6 Å². The van der Waals surface area contributed by atoms with Gasteiger partial charge in [-0.05, 0) is 51.3 Å². The molecule has 4 heteroatoms. The zero-order valence-corrected chi connectivity index (χ0v) is 12.6. The molecular formula is C16H25F2NO.